The van der Waals surface area contributed by atoms with Crippen molar-refractivity contribution in [3.05, 3.63) is 29.3 Å². The van der Waals surface area contributed by atoms with Crippen molar-refractivity contribution in [2.45, 2.75) is 25.0 Å². The second kappa shape index (κ2) is 4.48. The Hall–Kier alpha value is -0.770. The molecule has 94 valence electrons. The molecule has 0 spiro atoms. The molecule has 1 aromatic carbocycles. The number of halogens is 1. The third-order valence-corrected chi connectivity index (χ3v) is 3.87. The molecule has 17 heavy (non-hydrogen) atoms. The van der Waals surface area contributed by atoms with Crippen LogP contribution < -0.4 is 10.1 Å². The van der Waals surface area contributed by atoms with E-state index in [4.69, 9.17) is 9.47 Å². The van der Waals surface area contributed by atoms with Crippen LogP contribution in [-0.2, 0) is 11.3 Å². The second-order valence-corrected chi connectivity index (χ2v) is 4.81. The number of rotatable bonds is 1. The molecule has 0 bridgehead atoms. The predicted molar refractivity (Wildman–Crippen MR) is 69.0 cm³/mol. The summed E-state index contributed by atoms with van der Waals surface area (Å²) >= 11 is 0. The zero-order valence-electron chi connectivity index (χ0n) is 10.2. The molecule has 2 atom stereocenters. The van der Waals surface area contributed by atoms with Crippen LogP contribution in [0.3, 0.4) is 0 Å². The van der Waals surface area contributed by atoms with Gasteiger partial charge in [-0.2, -0.15) is 0 Å². The van der Waals surface area contributed by atoms with Crippen LogP contribution in [0.25, 0.3) is 0 Å². The third-order valence-electron chi connectivity index (χ3n) is 3.87. The van der Waals surface area contributed by atoms with Gasteiger partial charge in [0.25, 0.3) is 0 Å². The van der Waals surface area contributed by atoms with Gasteiger partial charge in [-0.1, -0.05) is 12.1 Å². The normalized spacial score (nSPS) is 30.1. The second-order valence-electron chi connectivity index (χ2n) is 4.81. The highest BCUT2D eigenvalue weighted by atomic mass is 35.5. The lowest BCUT2D eigenvalue weighted by Crippen LogP contribution is -2.39. The zero-order valence-corrected chi connectivity index (χ0v) is 11.0. The van der Waals surface area contributed by atoms with Crippen LogP contribution in [0.2, 0.25) is 0 Å². The molecule has 1 saturated heterocycles. The van der Waals surface area contributed by atoms with Crippen LogP contribution in [0.15, 0.2) is 18.2 Å². The van der Waals surface area contributed by atoms with Gasteiger partial charge in [0.05, 0.1) is 19.3 Å². The summed E-state index contributed by atoms with van der Waals surface area (Å²) in [7, 11) is 1.72. The number of ether oxygens (including phenoxy) is 2. The van der Waals surface area contributed by atoms with E-state index in [1.165, 1.54) is 11.1 Å². The summed E-state index contributed by atoms with van der Waals surface area (Å²) in [6, 6.07) is 6.28. The maximum absolute atomic E-state index is 6.02. The molecule has 2 heterocycles. The highest BCUT2D eigenvalue weighted by Crippen LogP contribution is 2.43. The van der Waals surface area contributed by atoms with Crippen LogP contribution >= 0.6 is 12.4 Å². The van der Waals surface area contributed by atoms with E-state index < -0.39 is 0 Å². The molecule has 3 nitrogen and oxygen atoms in total. The number of nitrogens with one attached hydrogen (secondary N) is 1. The van der Waals surface area contributed by atoms with Crippen molar-refractivity contribution in [1.82, 2.24) is 5.32 Å². The molecule has 4 heteroatoms. The summed E-state index contributed by atoms with van der Waals surface area (Å²) in [6.45, 7) is 4.79. The Kier molecular flexibility index (Phi) is 3.34. The highest BCUT2D eigenvalue weighted by Gasteiger charge is 2.44. The van der Waals surface area contributed by atoms with Crippen LogP contribution in [0.5, 0.6) is 5.75 Å². The van der Waals surface area contributed by atoms with Gasteiger partial charge in [-0.15, -0.1) is 12.4 Å². The Labute approximate surface area is 108 Å². The first-order valence-electron chi connectivity index (χ1n) is 5.75. The van der Waals surface area contributed by atoms with Crippen molar-refractivity contribution < 1.29 is 9.47 Å². The van der Waals surface area contributed by atoms with E-state index in [1.54, 1.807) is 7.11 Å². The Morgan fingerprint density at radius 1 is 1.47 bits per heavy atom. The first kappa shape index (κ1) is 12.7. The van der Waals surface area contributed by atoms with E-state index in [-0.39, 0.29) is 18.0 Å². The third kappa shape index (κ3) is 1.82. The first-order chi connectivity index (χ1) is 7.74. The average Bonchev–Trinajstić information content (AvgIpc) is 2.70. The molecule has 1 fully saturated rings. The summed E-state index contributed by atoms with van der Waals surface area (Å²) < 4.78 is 11.4. The molecule has 1 aromatic rings. The highest BCUT2D eigenvalue weighted by molar-refractivity contribution is 5.85. The molecule has 0 aromatic heterocycles. The quantitative estimate of drug-likeness (QED) is 0.834. The summed E-state index contributed by atoms with van der Waals surface area (Å²) in [4.78, 5) is 0. The first-order valence-corrected chi connectivity index (χ1v) is 5.75. The van der Waals surface area contributed by atoms with Crippen molar-refractivity contribution >= 4 is 12.4 Å². The molecule has 0 saturated carbocycles. The summed E-state index contributed by atoms with van der Waals surface area (Å²) in [5.74, 6) is 1.40. The molecule has 2 aliphatic rings. The van der Waals surface area contributed by atoms with E-state index in [0.717, 1.165) is 18.8 Å². The molecule has 0 unspecified atom stereocenters. The van der Waals surface area contributed by atoms with Crippen molar-refractivity contribution in [2.75, 3.05) is 20.2 Å². The minimum absolute atomic E-state index is 0. The summed E-state index contributed by atoms with van der Waals surface area (Å²) in [5.41, 5.74) is 2.56. The Morgan fingerprint density at radius 2 is 2.29 bits per heavy atom. The molecule has 3 rings (SSSR count). The van der Waals surface area contributed by atoms with Crippen molar-refractivity contribution in [2.24, 2.45) is 0 Å². The van der Waals surface area contributed by atoms with Crippen LogP contribution in [0, 0.1) is 0 Å². The number of fused-ring (bicyclic) bond motifs is 3. The van der Waals surface area contributed by atoms with Crippen molar-refractivity contribution in [3.8, 4) is 5.75 Å². The monoisotopic (exact) mass is 255 g/mol. The number of methoxy groups -OCH3 is 1. The van der Waals surface area contributed by atoms with Gasteiger partial charge in [0.2, 0.25) is 0 Å². The molecule has 2 aliphatic heterocycles. The minimum Gasteiger partial charge on any atom is -0.496 e. The number of hydrogen-bond donors (Lipinski definition) is 1. The van der Waals surface area contributed by atoms with Crippen LogP contribution in [0.4, 0.5) is 0 Å². The van der Waals surface area contributed by atoms with E-state index in [9.17, 15) is 0 Å². The Bertz CT molecular complexity index is 424. The van der Waals surface area contributed by atoms with Gasteiger partial charge in [0.1, 0.15) is 5.75 Å². The van der Waals surface area contributed by atoms with E-state index in [2.05, 4.69) is 24.4 Å². The van der Waals surface area contributed by atoms with E-state index in [1.807, 2.05) is 6.07 Å². The maximum atomic E-state index is 6.02. The van der Waals surface area contributed by atoms with Gasteiger partial charge >= 0.3 is 0 Å². The molecule has 0 amide bonds. The standard InChI is InChI=1S/C13H17NO2.ClH/c1-13-8-14-6-11(13)9-4-3-5-12(15-2)10(9)7-16-13;/h3-5,11,14H,6-8H2,1-2H3;1H/t11-,13-;/m1./s1. The lowest BCUT2D eigenvalue weighted by atomic mass is 9.81. The van der Waals surface area contributed by atoms with Gasteiger partial charge in [-0.05, 0) is 18.6 Å². The minimum atomic E-state index is -0.0423. The smallest absolute Gasteiger partial charge is 0.124 e. The van der Waals surface area contributed by atoms with Gasteiger partial charge in [0, 0.05) is 24.6 Å². The zero-order chi connectivity index (χ0) is 11.2. The molecule has 0 aliphatic carbocycles. The van der Waals surface area contributed by atoms with Gasteiger partial charge in [-0.3, -0.25) is 0 Å². The van der Waals surface area contributed by atoms with Crippen LogP contribution in [-0.4, -0.2) is 25.8 Å². The summed E-state index contributed by atoms with van der Waals surface area (Å²) in [5, 5.41) is 3.42. The fourth-order valence-electron chi connectivity index (χ4n) is 2.89. The predicted octanol–water partition coefficient (Wildman–Crippen LogP) is 2.09. The molecule has 0 radical (unpaired) electrons. The lowest BCUT2D eigenvalue weighted by Gasteiger charge is -2.37. The van der Waals surface area contributed by atoms with Crippen molar-refractivity contribution in [1.29, 1.82) is 0 Å². The van der Waals surface area contributed by atoms with Gasteiger partial charge in [-0.25, -0.2) is 0 Å². The van der Waals surface area contributed by atoms with E-state index in [0.29, 0.717) is 12.5 Å². The molecular formula is C13H18ClNO2. The fourth-order valence-corrected chi connectivity index (χ4v) is 2.89. The number of hydrogen-bond acceptors (Lipinski definition) is 3. The Balaban J connectivity index is 0.00000108. The Morgan fingerprint density at radius 3 is 3.06 bits per heavy atom. The number of benzene rings is 1. The average molecular weight is 256 g/mol. The SMILES string of the molecule is COc1cccc2c1CO[C@]1(C)CNC[C@H]21.Cl. The molecular weight excluding hydrogens is 238 g/mol. The van der Waals surface area contributed by atoms with Gasteiger partial charge in [0.15, 0.2) is 0 Å². The topological polar surface area (TPSA) is 30.5 Å². The lowest BCUT2D eigenvalue weighted by molar-refractivity contribution is -0.0525. The van der Waals surface area contributed by atoms with Crippen LogP contribution in [0.1, 0.15) is 24.0 Å². The van der Waals surface area contributed by atoms with Gasteiger partial charge < -0.3 is 14.8 Å². The van der Waals surface area contributed by atoms with E-state index >= 15 is 0 Å². The summed E-state index contributed by atoms with van der Waals surface area (Å²) in [6.07, 6.45) is 0. The molecule has 1 N–H and O–H groups in total. The van der Waals surface area contributed by atoms with Crippen molar-refractivity contribution in [3.63, 3.8) is 0 Å². The fraction of sp³-hybridized carbons (Fsp3) is 0.538. The maximum Gasteiger partial charge on any atom is 0.124 e. The largest absolute Gasteiger partial charge is 0.496 e.